The number of hydrogen-bond donors (Lipinski definition) is 2. The van der Waals surface area contributed by atoms with Crippen molar-refractivity contribution < 1.29 is 19.5 Å². The van der Waals surface area contributed by atoms with E-state index in [4.69, 9.17) is 5.11 Å². The molecule has 16 heavy (non-hydrogen) atoms. The number of aliphatic carboxylic acids is 1. The van der Waals surface area contributed by atoms with E-state index in [2.05, 4.69) is 5.32 Å². The van der Waals surface area contributed by atoms with Crippen molar-refractivity contribution in [1.82, 2.24) is 10.2 Å². The second-order valence-electron chi connectivity index (χ2n) is 3.87. The highest BCUT2D eigenvalue weighted by Crippen LogP contribution is 2.06. The molecular formula is C10H16N2O4. The first-order valence-corrected chi connectivity index (χ1v) is 5.30. The highest BCUT2D eigenvalue weighted by atomic mass is 16.4. The number of carbonyl (C=O) groups excluding carboxylic acids is 2. The molecular weight excluding hydrogens is 212 g/mol. The lowest BCUT2D eigenvalue weighted by Gasteiger charge is -2.16. The van der Waals surface area contributed by atoms with Crippen LogP contribution in [-0.2, 0) is 14.4 Å². The van der Waals surface area contributed by atoms with Crippen molar-refractivity contribution in [2.75, 3.05) is 19.6 Å². The molecule has 1 heterocycles. The molecule has 6 heteroatoms. The third-order valence-electron chi connectivity index (χ3n) is 2.64. The van der Waals surface area contributed by atoms with Gasteiger partial charge < -0.3 is 15.3 Å². The summed E-state index contributed by atoms with van der Waals surface area (Å²) in [6.07, 6.45) is 1.98. The van der Waals surface area contributed by atoms with E-state index < -0.39 is 17.8 Å². The van der Waals surface area contributed by atoms with Gasteiger partial charge in [0.1, 0.15) is 5.92 Å². The first-order chi connectivity index (χ1) is 7.52. The minimum atomic E-state index is -1.19. The third-order valence-corrected chi connectivity index (χ3v) is 2.64. The molecule has 1 unspecified atom stereocenters. The summed E-state index contributed by atoms with van der Waals surface area (Å²) in [6.45, 7) is 2.63. The fraction of sp³-hybridized carbons (Fsp3) is 0.700. The molecule has 0 bridgehead atoms. The Labute approximate surface area is 93.6 Å². The average molecular weight is 228 g/mol. The first-order valence-electron chi connectivity index (χ1n) is 5.30. The molecule has 0 aliphatic carbocycles. The van der Waals surface area contributed by atoms with Crippen LogP contribution in [-0.4, -0.2) is 47.4 Å². The Morgan fingerprint density at radius 1 is 1.31 bits per heavy atom. The molecule has 0 aromatic heterocycles. The van der Waals surface area contributed by atoms with Gasteiger partial charge in [-0.2, -0.15) is 0 Å². The number of hydrogen-bond acceptors (Lipinski definition) is 3. The molecule has 2 amide bonds. The maximum Gasteiger partial charge on any atom is 0.315 e. The van der Waals surface area contributed by atoms with Crippen LogP contribution < -0.4 is 5.32 Å². The smallest absolute Gasteiger partial charge is 0.315 e. The van der Waals surface area contributed by atoms with Crippen LogP contribution in [0.25, 0.3) is 0 Å². The highest BCUT2D eigenvalue weighted by molar-refractivity contribution is 5.97. The number of nitrogens with zero attached hydrogens (tertiary/aromatic N) is 1. The van der Waals surface area contributed by atoms with E-state index in [1.165, 1.54) is 6.92 Å². The molecule has 0 saturated carbocycles. The molecule has 0 aromatic carbocycles. The molecule has 1 aliphatic rings. The summed E-state index contributed by atoms with van der Waals surface area (Å²) in [5.74, 6) is -3.08. The molecule has 1 fully saturated rings. The summed E-state index contributed by atoms with van der Waals surface area (Å²) in [6, 6.07) is 0. The van der Waals surface area contributed by atoms with E-state index in [1.807, 2.05) is 0 Å². The van der Waals surface area contributed by atoms with Gasteiger partial charge in [0, 0.05) is 13.1 Å². The highest BCUT2D eigenvalue weighted by Gasteiger charge is 2.22. The summed E-state index contributed by atoms with van der Waals surface area (Å²) < 4.78 is 0. The van der Waals surface area contributed by atoms with E-state index in [0.717, 1.165) is 25.9 Å². The van der Waals surface area contributed by atoms with Gasteiger partial charge in [-0.25, -0.2) is 0 Å². The maximum absolute atomic E-state index is 11.5. The molecule has 1 aliphatic heterocycles. The topological polar surface area (TPSA) is 86.7 Å². The molecule has 2 N–H and O–H groups in total. The van der Waals surface area contributed by atoms with Crippen LogP contribution in [0.1, 0.15) is 19.8 Å². The van der Waals surface area contributed by atoms with Gasteiger partial charge in [-0.15, -0.1) is 0 Å². The Morgan fingerprint density at radius 2 is 1.88 bits per heavy atom. The molecule has 0 spiro atoms. The quantitative estimate of drug-likeness (QED) is 0.632. The Morgan fingerprint density at radius 3 is 2.38 bits per heavy atom. The van der Waals surface area contributed by atoms with Gasteiger partial charge in [-0.1, -0.05) is 0 Å². The molecule has 6 nitrogen and oxygen atoms in total. The number of rotatable bonds is 4. The Bertz CT molecular complexity index is 297. The Balaban J connectivity index is 2.31. The molecule has 0 aromatic rings. The van der Waals surface area contributed by atoms with E-state index >= 15 is 0 Å². The zero-order chi connectivity index (χ0) is 12.1. The van der Waals surface area contributed by atoms with Gasteiger partial charge in [0.25, 0.3) is 0 Å². The van der Waals surface area contributed by atoms with Crippen molar-refractivity contribution in [3.05, 3.63) is 0 Å². The SMILES string of the molecule is CC(C(=O)O)C(=O)NCC(=O)N1CCCC1. The van der Waals surface area contributed by atoms with Crippen LogP contribution in [0.4, 0.5) is 0 Å². The van der Waals surface area contributed by atoms with Crippen LogP contribution in [0, 0.1) is 5.92 Å². The summed E-state index contributed by atoms with van der Waals surface area (Å²) in [5.41, 5.74) is 0. The Kier molecular flexibility index (Phi) is 4.28. The van der Waals surface area contributed by atoms with Crippen LogP contribution >= 0.6 is 0 Å². The van der Waals surface area contributed by atoms with Crippen molar-refractivity contribution in [3.8, 4) is 0 Å². The van der Waals surface area contributed by atoms with Gasteiger partial charge >= 0.3 is 5.97 Å². The van der Waals surface area contributed by atoms with Gasteiger partial charge in [0.15, 0.2) is 0 Å². The monoisotopic (exact) mass is 228 g/mol. The van der Waals surface area contributed by atoms with Gasteiger partial charge in [-0.05, 0) is 19.8 Å². The van der Waals surface area contributed by atoms with E-state index in [-0.39, 0.29) is 12.5 Å². The lowest BCUT2D eigenvalue weighted by molar-refractivity contribution is -0.147. The molecule has 1 atom stereocenters. The van der Waals surface area contributed by atoms with Crippen molar-refractivity contribution in [1.29, 1.82) is 0 Å². The van der Waals surface area contributed by atoms with Crippen molar-refractivity contribution in [2.24, 2.45) is 5.92 Å². The number of nitrogens with one attached hydrogen (secondary N) is 1. The summed E-state index contributed by atoms with van der Waals surface area (Å²) >= 11 is 0. The van der Waals surface area contributed by atoms with E-state index in [0.29, 0.717) is 0 Å². The van der Waals surface area contributed by atoms with Crippen LogP contribution in [0.5, 0.6) is 0 Å². The zero-order valence-electron chi connectivity index (χ0n) is 9.23. The second kappa shape index (κ2) is 5.48. The molecule has 1 saturated heterocycles. The van der Waals surface area contributed by atoms with Crippen LogP contribution in [0.2, 0.25) is 0 Å². The minimum Gasteiger partial charge on any atom is -0.481 e. The lowest BCUT2D eigenvalue weighted by atomic mass is 10.2. The van der Waals surface area contributed by atoms with E-state index in [9.17, 15) is 14.4 Å². The fourth-order valence-electron chi connectivity index (χ4n) is 1.51. The largest absolute Gasteiger partial charge is 0.481 e. The molecule has 90 valence electrons. The van der Waals surface area contributed by atoms with Crippen molar-refractivity contribution >= 4 is 17.8 Å². The van der Waals surface area contributed by atoms with Gasteiger partial charge in [0.05, 0.1) is 6.54 Å². The van der Waals surface area contributed by atoms with Gasteiger partial charge in [0.2, 0.25) is 11.8 Å². The normalized spacial score (nSPS) is 16.9. The summed E-state index contributed by atoms with van der Waals surface area (Å²) in [7, 11) is 0. The number of carbonyl (C=O) groups is 3. The number of carboxylic acids is 1. The van der Waals surface area contributed by atoms with E-state index in [1.54, 1.807) is 4.90 Å². The number of likely N-dealkylation sites (tertiary alicyclic amines) is 1. The second-order valence-corrected chi connectivity index (χ2v) is 3.87. The number of amides is 2. The molecule has 1 rings (SSSR count). The third kappa shape index (κ3) is 3.22. The zero-order valence-corrected chi connectivity index (χ0v) is 9.23. The maximum atomic E-state index is 11.5. The predicted octanol–water partition coefficient (Wildman–Crippen LogP) is -0.554. The van der Waals surface area contributed by atoms with Crippen LogP contribution in [0.15, 0.2) is 0 Å². The standard InChI is InChI=1S/C10H16N2O4/c1-7(10(15)16)9(14)11-6-8(13)12-4-2-3-5-12/h7H,2-6H2,1H3,(H,11,14)(H,15,16). The molecule has 0 radical (unpaired) electrons. The summed E-state index contributed by atoms with van der Waals surface area (Å²) in [4.78, 5) is 34.9. The first kappa shape index (κ1) is 12.5. The van der Waals surface area contributed by atoms with Crippen molar-refractivity contribution in [2.45, 2.75) is 19.8 Å². The minimum absolute atomic E-state index is 0.115. The van der Waals surface area contributed by atoms with Crippen molar-refractivity contribution in [3.63, 3.8) is 0 Å². The predicted molar refractivity (Wildman–Crippen MR) is 55.6 cm³/mol. The fourth-order valence-corrected chi connectivity index (χ4v) is 1.51. The van der Waals surface area contributed by atoms with Gasteiger partial charge in [-0.3, -0.25) is 14.4 Å². The Hall–Kier alpha value is -1.59. The number of carboxylic acid groups (broad SMARTS) is 1. The average Bonchev–Trinajstić information content (AvgIpc) is 2.77. The lowest BCUT2D eigenvalue weighted by Crippen LogP contribution is -2.41. The summed E-state index contributed by atoms with van der Waals surface area (Å²) in [5, 5.41) is 10.9. The van der Waals surface area contributed by atoms with Crippen LogP contribution in [0.3, 0.4) is 0 Å².